The first kappa shape index (κ1) is 14.9. The number of amides is 2. The lowest BCUT2D eigenvalue weighted by atomic mass is 10.0. The lowest BCUT2D eigenvalue weighted by molar-refractivity contribution is 0.111. The van der Waals surface area contributed by atoms with Crippen molar-refractivity contribution in [2.75, 3.05) is 19.0 Å². The van der Waals surface area contributed by atoms with E-state index in [1.165, 1.54) is 16.9 Å². The van der Waals surface area contributed by atoms with E-state index < -0.39 is 0 Å². The largest absolute Gasteiger partial charge is 0.376 e. The average Bonchev–Trinajstić information content (AvgIpc) is 2.92. The molecule has 6 nitrogen and oxygen atoms in total. The predicted molar refractivity (Wildman–Crippen MR) is 84.9 cm³/mol. The van der Waals surface area contributed by atoms with Gasteiger partial charge in [0.25, 0.3) is 0 Å². The molecule has 0 bridgehead atoms. The fourth-order valence-corrected chi connectivity index (χ4v) is 3.16. The Morgan fingerprint density at radius 2 is 2.32 bits per heavy atom. The molecule has 1 aliphatic heterocycles. The third kappa shape index (κ3) is 3.26. The number of aryl methyl sites for hydroxylation is 1. The van der Waals surface area contributed by atoms with Crippen molar-refractivity contribution in [2.24, 2.45) is 0 Å². The third-order valence-electron chi connectivity index (χ3n) is 3.56. The van der Waals surface area contributed by atoms with Gasteiger partial charge in [-0.3, -0.25) is 0 Å². The van der Waals surface area contributed by atoms with Crippen LogP contribution in [0, 0.1) is 6.92 Å². The summed E-state index contributed by atoms with van der Waals surface area (Å²) in [5, 5.41) is 12.7. The zero-order valence-corrected chi connectivity index (χ0v) is 13.4. The number of carbonyl (C=O) groups excluding carboxylic acids is 1. The molecule has 0 saturated carbocycles. The Kier molecular flexibility index (Phi) is 4.35. The van der Waals surface area contributed by atoms with E-state index in [1.807, 2.05) is 19.1 Å². The summed E-state index contributed by atoms with van der Waals surface area (Å²) in [6, 6.07) is 5.80. The van der Waals surface area contributed by atoms with Gasteiger partial charge in [-0.25, -0.2) is 4.79 Å². The summed E-state index contributed by atoms with van der Waals surface area (Å²) in [6.45, 7) is 3.63. The van der Waals surface area contributed by atoms with Crippen molar-refractivity contribution in [1.29, 1.82) is 0 Å². The Bertz CT molecular complexity index is 686. The Balaban J connectivity index is 1.69. The van der Waals surface area contributed by atoms with Crippen molar-refractivity contribution in [3.05, 3.63) is 39.3 Å². The van der Waals surface area contributed by atoms with Gasteiger partial charge in [-0.05, 0) is 25.0 Å². The molecule has 2 amide bonds. The molecule has 1 aliphatic rings. The number of ether oxygens (including phenoxy) is 1. The van der Waals surface area contributed by atoms with Crippen LogP contribution in [0.4, 0.5) is 10.5 Å². The first-order valence-electron chi connectivity index (χ1n) is 7.13. The molecule has 0 fully saturated rings. The second kappa shape index (κ2) is 6.41. The van der Waals surface area contributed by atoms with Gasteiger partial charge in [-0.1, -0.05) is 23.5 Å². The Hall–Kier alpha value is -1.99. The number of hydrogen-bond acceptors (Lipinski definition) is 5. The molecular weight excluding hydrogens is 300 g/mol. The van der Waals surface area contributed by atoms with Crippen LogP contribution in [0.1, 0.15) is 21.1 Å². The van der Waals surface area contributed by atoms with E-state index in [4.69, 9.17) is 4.74 Å². The van der Waals surface area contributed by atoms with Crippen LogP contribution in [0.5, 0.6) is 0 Å². The average molecular weight is 318 g/mol. The number of benzene rings is 1. The Morgan fingerprint density at radius 3 is 3.09 bits per heavy atom. The van der Waals surface area contributed by atoms with Crippen LogP contribution < -0.4 is 5.32 Å². The smallest absolute Gasteiger partial charge is 0.321 e. The van der Waals surface area contributed by atoms with Crippen molar-refractivity contribution in [1.82, 2.24) is 15.1 Å². The minimum absolute atomic E-state index is 0.160. The first-order chi connectivity index (χ1) is 10.6. The summed E-state index contributed by atoms with van der Waals surface area (Å²) < 4.78 is 5.50. The quantitative estimate of drug-likeness (QED) is 0.944. The summed E-state index contributed by atoms with van der Waals surface area (Å²) in [5.74, 6) is 0. The van der Waals surface area contributed by atoms with E-state index in [9.17, 15) is 4.79 Å². The fraction of sp³-hybridized carbons (Fsp3) is 0.400. The zero-order chi connectivity index (χ0) is 15.5. The third-order valence-corrected chi connectivity index (χ3v) is 4.39. The van der Waals surface area contributed by atoms with E-state index >= 15 is 0 Å². The molecule has 0 saturated heterocycles. The number of fused-ring (bicyclic) bond motifs is 1. The van der Waals surface area contributed by atoms with E-state index in [0.717, 1.165) is 34.3 Å². The molecule has 116 valence electrons. The number of nitrogens with one attached hydrogen (secondary N) is 1. The SMILES string of the molecule is Cc1nnc(CN(C)C(=O)Nc2cccc3c2COCC3)s1. The molecule has 3 rings (SSSR count). The number of carbonyl (C=O) groups is 1. The maximum atomic E-state index is 12.3. The highest BCUT2D eigenvalue weighted by Crippen LogP contribution is 2.25. The second-order valence-electron chi connectivity index (χ2n) is 5.25. The molecule has 0 spiro atoms. The number of nitrogens with zero attached hydrogens (tertiary/aromatic N) is 3. The van der Waals surface area contributed by atoms with Gasteiger partial charge in [0.05, 0.1) is 19.8 Å². The van der Waals surface area contributed by atoms with Crippen LogP contribution in [-0.4, -0.2) is 34.8 Å². The number of anilines is 1. The first-order valence-corrected chi connectivity index (χ1v) is 7.95. The van der Waals surface area contributed by atoms with Crippen LogP contribution in [0.15, 0.2) is 18.2 Å². The Morgan fingerprint density at radius 1 is 1.45 bits per heavy atom. The number of hydrogen-bond donors (Lipinski definition) is 1. The van der Waals surface area contributed by atoms with Crippen LogP contribution in [0.3, 0.4) is 0 Å². The molecular formula is C15H18N4O2S. The number of urea groups is 1. The van der Waals surface area contributed by atoms with Gasteiger partial charge >= 0.3 is 6.03 Å². The lowest BCUT2D eigenvalue weighted by Crippen LogP contribution is -2.31. The minimum Gasteiger partial charge on any atom is -0.376 e. The number of rotatable bonds is 3. The topological polar surface area (TPSA) is 67.4 Å². The van der Waals surface area contributed by atoms with Gasteiger partial charge in [-0.2, -0.15) is 0 Å². The molecule has 0 atom stereocenters. The van der Waals surface area contributed by atoms with E-state index in [0.29, 0.717) is 13.2 Å². The van der Waals surface area contributed by atoms with Crippen LogP contribution >= 0.6 is 11.3 Å². The zero-order valence-electron chi connectivity index (χ0n) is 12.6. The van der Waals surface area contributed by atoms with Gasteiger partial charge in [0.1, 0.15) is 10.0 Å². The molecule has 2 aromatic rings. The second-order valence-corrected chi connectivity index (χ2v) is 6.51. The van der Waals surface area contributed by atoms with Gasteiger partial charge in [0.2, 0.25) is 0 Å². The maximum Gasteiger partial charge on any atom is 0.321 e. The predicted octanol–water partition coefficient (Wildman–Crippen LogP) is 2.58. The lowest BCUT2D eigenvalue weighted by Gasteiger charge is -2.22. The highest BCUT2D eigenvalue weighted by atomic mass is 32.1. The maximum absolute atomic E-state index is 12.3. The number of aromatic nitrogens is 2. The highest BCUT2D eigenvalue weighted by molar-refractivity contribution is 7.11. The van der Waals surface area contributed by atoms with Crippen LogP contribution in [0.2, 0.25) is 0 Å². The van der Waals surface area contributed by atoms with Gasteiger partial charge < -0.3 is 15.0 Å². The molecule has 0 aliphatic carbocycles. The van der Waals surface area contributed by atoms with Crippen molar-refractivity contribution < 1.29 is 9.53 Å². The monoisotopic (exact) mass is 318 g/mol. The van der Waals surface area contributed by atoms with Crippen LogP contribution in [-0.2, 0) is 24.3 Å². The van der Waals surface area contributed by atoms with Crippen molar-refractivity contribution in [3.8, 4) is 0 Å². The summed E-state index contributed by atoms with van der Waals surface area (Å²) >= 11 is 1.50. The Labute approximate surface area is 133 Å². The van der Waals surface area contributed by atoms with Gasteiger partial charge in [0.15, 0.2) is 0 Å². The molecule has 2 heterocycles. The minimum atomic E-state index is -0.160. The fourth-order valence-electron chi connectivity index (χ4n) is 2.40. The molecule has 7 heteroatoms. The molecule has 0 unspecified atom stereocenters. The standard InChI is InChI=1S/C15H18N4O2S/c1-10-17-18-14(22-10)8-19(2)15(20)16-13-5-3-4-11-6-7-21-9-12(11)13/h3-5H,6-9H2,1-2H3,(H,16,20). The summed E-state index contributed by atoms with van der Waals surface area (Å²) in [5.41, 5.74) is 3.14. The van der Waals surface area contributed by atoms with Crippen molar-refractivity contribution in [3.63, 3.8) is 0 Å². The van der Waals surface area contributed by atoms with E-state index in [1.54, 1.807) is 11.9 Å². The van der Waals surface area contributed by atoms with Gasteiger partial charge in [-0.15, -0.1) is 10.2 Å². The summed E-state index contributed by atoms with van der Waals surface area (Å²) in [6.07, 6.45) is 0.888. The van der Waals surface area contributed by atoms with Crippen LogP contribution in [0.25, 0.3) is 0 Å². The molecule has 0 radical (unpaired) electrons. The van der Waals surface area contributed by atoms with Crippen molar-refractivity contribution >= 4 is 23.1 Å². The van der Waals surface area contributed by atoms with E-state index in [-0.39, 0.29) is 6.03 Å². The van der Waals surface area contributed by atoms with Gasteiger partial charge in [0, 0.05) is 18.3 Å². The summed E-state index contributed by atoms with van der Waals surface area (Å²) in [4.78, 5) is 13.9. The van der Waals surface area contributed by atoms with E-state index in [2.05, 4.69) is 21.6 Å². The highest BCUT2D eigenvalue weighted by Gasteiger charge is 2.17. The molecule has 1 aromatic carbocycles. The summed E-state index contributed by atoms with van der Waals surface area (Å²) in [7, 11) is 1.75. The molecule has 1 N–H and O–H groups in total. The molecule has 22 heavy (non-hydrogen) atoms. The van der Waals surface area contributed by atoms with Crippen molar-refractivity contribution in [2.45, 2.75) is 26.5 Å². The normalized spacial score (nSPS) is 13.5. The molecule has 1 aromatic heterocycles.